The number of carbonyl (C=O) groups excluding carboxylic acids is 1. The molecule has 1 saturated heterocycles. The predicted octanol–water partition coefficient (Wildman–Crippen LogP) is 2.49. The van der Waals surface area contributed by atoms with Crippen LogP contribution in [-0.4, -0.2) is 56.4 Å². The first-order valence-corrected chi connectivity index (χ1v) is 9.86. The Hall–Kier alpha value is -2.73. The van der Waals surface area contributed by atoms with Crippen molar-refractivity contribution in [1.82, 2.24) is 24.3 Å². The first-order valence-electron chi connectivity index (χ1n) is 9.86. The minimum atomic E-state index is 0.157. The molecule has 0 bridgehead atoms. The standard InChI is InChI=1S/C22H27N5O/c1-17(28)27-10-9-26(15-20-14-25(2)16-24-20)12-18(13-27)11-19-5-3-7-22-21(19)6-4-8-23-22/h3-8,14,16,18H,9-13,15H2,1-2H3. The number of imidazole rings is 1. The van der Waals surface area contributed by atoms with Gasteiger partial charge in [-0.15, -0.1) is 0 Å². The lowest BCUT2D eigenvalue weighted by Crippen LogP contribution is -2.34. The normalized spacial score (nSPS) is 18.4. The number of hydrogen-bond acceptors (Lipinski definition) is 4. The largest absolute Gasteiger partial charge is 0.341 e. The number of aromatic nitrogens is 3. The molecule has 28 heavy (non-hydrogen) atoms. The molecule has 1 fully saturated rings. The van der Waals surface area contributed by atoms with Crippen LogP contribution in [0.4, 0.5) is 0 Å². The number of rotatable bonds is 4. The molecule has 6 nitrogen and oxygen atoms in total. The van der Waals surface area contributed by atoms with Crippen molar-refractivity contribution >= 4 is 16.8 Å². The van der Waals surface area contributed by atoms with Gasteiger partial charge in [-0.2, -0.15) is 0 Å². The molecule has 0 spiro atoms. The molecular weight excluding hydrogens is 350 g/mol. The van der Waals surface area contributed by atoms with E-state index in [0.717, 1.165) is 50.4 Å². The summed E-state index contributed by atoms with van der Waals surface area (Å²) in [7, 11) is 1.99. The van der Waals surface area contributed by atoms with Crippen molar-refractivity contribution in [3.63, 3.8) is 0 Å². The molecule has 4 rings (SSSR count). The maximum Gasteiger partial charge on any atom is 0.219 e. The van der Waals surface area contributed by atoms with Gasteiger partial charge in [-0.3, -0.25) is 14.7 Å². The second-order valence-electron chi connectivity index (χ2n) is 7.79. The topological polar surface area (TPSA) is 54.3 Å². The van der Waals surface area contributed by atoms with Gasteiger partial charge in [0.1, 0.15) is 0 Å². The average Bonchev–Trinajstić information content (AvgIpc) is 2.98. The van der Waals surface area contributed by atoms with Gasteiger partial charge in [0.2, 0.25) is 5.91 Å². The third-order valence-electron chi connectivity index (χ3n) is 5.51. The molecule has 6 heteroatoms. The van der Waals surface area contributed by atoms with Crippen LogP contribution in [0.5, 0.6) is 0 Å². The smallest absolute Gasteiger partial charge is 0.219 e. The van der Waals surface area contributed by atoms with Crippen LogP contribution < -0.4 is 0 Å². The monoisotopic (exact) mass is 377 g/mol. The molecule has 3 heterocycles. The molecule has 1 aliphatic heterocycles. The van der Waals surface area contributed by atoms with E-state index in [4.69, 9.17) is 0 Å². The van der Waals surface area contributed by atoms with Crippen molar-refractivity contribution in [3.8, 4) is 0 Å². The van der Waals surface area contributed by atoms with E-state index in [9.17, 15) is 4.79 Å². The van der Waals surface area contributed by atoms with Crippen molar-refractivity contribution in [2.45, 2.75) is 19.9 Å². The van der Waals surface area contributed by atoms with E-state index >= 15 is 0 Å². The van der Waals surface area contributed by atoms with Gasteiger partial charge < -0.3 is 9.47 Å². The van der Waals surface area contributed by atoms with Crippen LogP contribution in [0.25, 0.3) is 10.9 Å². The van der Waals surface area contributed by atoms with Gasteiger partial charge in [0.15, 0.2) is 0 Å². The van der Waals surface area contributed by atoms with E-state index in [1.807, 2.05) is 35.1 Å². The Morgan fingerprint density at radius 2 is 2.04 bits per heavy atom. The van der Waals surface area contributed by atoms with Crippen LogP contribution in [-0.2, 0) is 24.8 Å². The molecule has 2 aromatic heterocycles. The van der Waals surface area contributed by atoms with E-state index < -0.39 is 0 Å². The number of benzene rings is 1. The Balaban J connectivity index is 1.56. The molecule has 1 unspecified atom stereocenters. The average molecular weight is 377 g/mol. The van der Waals surface area contributed by atoms with Gasteiger partial charge in [-0.25, -0.2) is 4.98 Å². The van der Waals surface area contributed by atoms with Crippen LogP contribution in [0.1, 0.15) is 18.2 Å². The summed E-state index contributed by atoms with van der Waals surface area (Å²) in [5, 5.41) is 1.21. The number of aryl methyl sites for hydroxylation is 1. The highest BCUT2D eigenvalue weighted by atomic mass is 16.2. The summed E-state index contributed by atoms with van der Waals surface area (Å²) in [5.41, 5.74) is 3.41. The minimum Gasteiger partial charge on any atom is -0.341 e. The van der Waals surface area contributed by atoms with Crippen LogP contribution in [0.15, 0.2) is 49.1 Å². The molecule has 1 amide bonds. The number of fused-ring (bicyclic) bond motifs is 1. The highest BCUT2D eigenvalue weighted by Gasteiger charge is 2.25. The molecular formula is C22H27N5O. The maximum atomic E-state index is 12.1. The second-order valence-corrected chi connectivity index (χ2v) is 7.79. The van der Waals surface area contributed by atoms with Crippen molar-refractivity contribution in [2.24, 2.45) is 13.0 Å². The van der Waals surface area contributed by atoms with Gasteiger partial charge in [-0.1, -0.05) is 18.2 Å². The molecule has 1 aliphatic rings. The molecule has 0 saturated carbocycles. The van der Waals surface area contributed by atoms with E-state index in [2.05, 4.69) is 45.3 Å². The number of hydrogen-bond donors (Lipinski definition) is 0. The summed E-state index contributed by atoms with van der Waals surface area (Å²) in [6.45, 7) is 5.90. The molecule has 0 radical (unpaired) electrons. The summed E-state index contributed by atoms with van der Waals surface area (Å²) in [5.74, 6) is 0.533. The zero-order valence-corrected chi connectivity index (χ0v) is 16.6. The second kappa shape index (κ2) is 8.10. The highest BCUT2D eigenvalue weighted by molar-refractivity contribution is 5.82. The van der Waals surface area contributed by atoms with Gasteiger partial charge in [0.25, 0.3) is 0 Å². The van der Waals surface area contributed by atoms with Crippen molar-refractivity contribution < 1.29 is 4.79 Å². The van der Waals surface area contributed by atoms with Crippen LogP contribution >= 0.6 is 0 Å². The van der Waals surface area contributed by atoms with E-state index in [0.29, 0.717) is 5.92 Å². The van der Waals surface area contributed by atoms with E-state index in [1.165, 1.54) is 10.9 Å². The quantitative estimate of drug-likeness (QED) is 0.701. The maximum absolute atomic E-state index is 12.1. The summed E-state index contributed by atoms with van der Waals surface area (Å²) >= 11 is 0. The fourth-order valence-corrected chi connectivity index (χ4v) is 4.17. The van der Waals surface area contributed by atoms with Crippen LogP contribution in [0.3, 0.4) is 0 Å². The SMILES string of the molecule is CC(=O)N1CCN(Cc2cn(C)cn2)CC(Cc2cccc3ncccc23)C1. The summed E-state index contributed by atoms with van der Waals surface area (Å²) in [6.07, 6.45) is 6.68. The lowest BCUT2D eigenvalue weighted by molar-refractivity contribution is -0.129. The van der Waals surface area contributed by atoms with Gasteiger partial charge in [0.05, 0.1) is 17.5 Å². The number of pyridine rings is 1. The van der Waals surface area contributed by atoms with E-state index in [-0.39, 0.29) is 5.91 Å². The molecule has 3 aromatic rings. The Morgan fingerprint density at radius 1 is 1.14 bits per heavy atom. The fourth-order valence-electron chi connectivity index (χ4n) is 4.17. The van der Waals surface area contributed by atoms with Crippen LogP contribution in [0, 0.1) is 5.92 Å². The van der Waals surface area contributed by atoms with Gasteiger partial charge >= 0.3 is 0 Å². The Labute approximate surface area is 165 Å². The molecule has 1 atom stereocenters. The van der Waals surface area contributed by atoms with Crippen molar-refractivity contribution in [3.05, 3.63) is 60.3 Å². The summed E-state index contributed by atoms with van der Waals surface area (Å²) < 4.78 is 1.98. The molecule has 146 valence electrons. The zero-order valence-electron chi connectivity index (χ0n) is 16.6. The third-order valence-corrected chi connectivity index (χ3v) is 5.51. The highest BCUT2D eigenvalue weighted by Crippen LogP contribution is 2.22. The Morgan fingerprint density at radius 3 is 2.82 bits per heavy atom. The number of nitrogens with zero attached hydrogens (tertiary/aromatic N) is 5. The summed E-state index contributed by atoms with van der Waals surface area (Å²) in [6, 6.07) is 10.5. The Kier molecular flexibility index (Phi) is 5.39. The lowest BCUT2D eigenvalue weighted by Gasteiger charge is -2.24. The molecule has 1 aromatic carbocycles. The van der Waals surface area contributed by atoms with Gasteiger partial charge in [-0.05, 0) is 30.0 Å². The first kappa shape index (κ1) is 18.6. The minimum absolute atomic E-state index is 0.157. The molecule has 0 aliphatic carbocycles. The fraction of sp³-hybridized carbons (Fsp3) is 0.409. The summed E-state index contributed by atoms with van der Waals surface area (Å²) in [4.78, 5) is 25.5. The van der Waals surface area contributed by atoms with Crippen molar-refractivity contribution in [1.29, 1.82) is 0 Å². The third kappa shape index (κ3) is 4.22. The number of carbonyl (C=O) groups is 1. The van der Waals surface area contributed by atoms with E-state index in [1.54, 1.807) is 6.92 Å². The lowest BCUT2D eigenvalue weighted by atomic mass is 9.95. The van der Waals surface area contributed by atoms with Crippen molar-refractivity contribution in [2.75, 3.05) is 26.2 Å². The van der Waals surface area contributed by atoms with Crippen LogP contribution in [0.2, 0.25) is 0 Å². The van der Waals surface area contributed by atoms with Gasteiger partial charge in [0, 0.05) is 64.5 Å². The Bertz CT molecular complexity index is 961. The first-order chi connectivity index (χ1) is 13.6. The number of amides is 1. The predicted molar refractivity (Wildman–Crippen MR) is 110 cm³/mol. The molecule has 0 N–H and O–H groups in total. The zero-order chi connectivity index (χ0) is 19.5.